The number of hydrogen-bond acceptors (Lipinski definition) is 6. The standard InChI is InChI=1S/C22H15BrN2O4S2/c1-12-8-14(9-18(13(12)2)25(27)28)19-7-6-17(29-19)11-20-21(26)24(22(30)31-20)16-5-3-4-15(23)10-16/h3-11H,1-2H3/b20-11+. The van der Waals surface area contributed by atoms with Crippen LogP contribution in [-0.4, -0.2) is 15.2 Å². The molecular weight excluding hydrogens is 500 g/mol. The first-order valence-electron chi connectivity index (χ1n) is 9.14. The minimum atomic E-state index is -0.400. The number of carbonyl (C=O) groups is 1. The number of thioether (sulfide) groups is 1. The van der Waals surface area contributed by atoms with E-state index >= 15 is 0 Å². The number of hydrogen-bond donors (Lipinski definition) is 0. The third-order valence-corrected chi connectivity index (χ3v) is 6.68. The number of nitro benzene ring substituents is 1. The summed E-state index contributed by atoms with van der Waals surface area (Å²) in [6.45, 7) is 3.54. The number of nitro groups is 1. The van der Waals surface area contributed by atoms with Crippen molar-refractivity contribution in [2.45, 2.75) is 13.8 Å². The third-order valence-electron chi connectivity index (χ3n) is 4.88. The van der Waals surface area contributed by atoms with Crippen LogP contribution in [0.15, 0.2) is 62.3 Å². The van der Waals surface area contributed by atoms with E-state index in [0.29, 0.717) is 37.6 Å². The van der Waals surface area contributed by atoms with Gasteiger partial charge in [0.2, 0.25) is 0 Å². The van der Waals surface area contributed by atoms with Gasteiger partial charge in [0.1, 0.15) is 11.5 Å². The second-order valence-electron chi connectivity index (χ2n) is 6.89. The SMILES string of the molecule is Cc1cc(-c2ccc(/C=C3/SC(=S)N(c4cccc(Br)c4)C3=O)o2)cc([N+](=O)[O-])c1C. The molecule has 156 valence electrons. The Morgan fingerprint density at radius 2 is 1.97 bits per heavy atom. The molecule has 2 aromatic carbocycles. The third kappa shape index (κ3) is 4.21. The first kappa shape index (κ1) is 21.5. The summed E-state index contributed by atoms with van der Waals surface area (Å²) in [5.41, 5.74) is 2.76. The van der Waals surface area contributed by atoms with Crippen molar-refractivity contribution in [1.29, 1.82) is 0 Å². The van der Waals surface area contributed by atoms with Gasteiger partial charge in [-0.25, -0.2) is 0 Å². The summed E-state index contributed by atoms with van der Waals surface area (Å²) in [5.74, 6) is 0.721. The van der Waals surface area contributed by atoms with Crippen LogP contribution in [0.2, 0.25) is 0 Å². The van der Waals surface area contributed by atoms with Crippen molar-refractivity contribution in [3.8, 4) is 11.3 Å². The van der Waals surface area contributed by atoms with Crippen molar-refractivity contribution in [3.63, 3.8) is 0 Å². The molecule has 1 aliphatic rings. The fraction of sp³-hybridized carbons (Fsp3) is 0.0909. The topological polar surface area (TPSA) is 76.6 Å². The van der Waals surface area contributed by atoms with Gasteiger partial charge < -0.3 is 4.42 Å². The molecule has 3 aromatic rings. The summed E-state index contributed by atoms with van der Waals surface area (Å²) < 4.78 is 7.16. The Morgan fingerprint density at radius 1 is 1.19 bits per heavy atom. The number of thiocarbonyl (C=S) groups is 1. The van der Waals surface area contributed by atoms with Gasteiger partial charge in [-0.1, -0.05) is 46.0 Å². The van der Waals surface area contributed by atoms with Crippen molar-refractivity contribution in [2.75, 3.05) is 4.90 Å². The molecule has 1 aliphatic heterocycles. The van der Waals surface area contributed by atoms with Crippen LogP contribution in [0.5, 0.6) is 0 Å². The second-order valence-corrected chi connectivity index (χ2v) is 9.48. The predicted molar refractivity (Wildman–Crippen MR) is 130 cm³/mol. The highest BCUT2D eigenvalue weighted by atomic mass is 79.9. The van der Waals surface area contributed by atoms with Crippen molar-refractivity contribution < 1.29 is 14.1 Å². The molecule has 0 atom stereocenters. The van der Waals surface area contributed by atoms with E-state index in [-0.39, 0.29) is 11.6 Å². The maximum absolute atomic E-state index is 12.9. The van der Waals surface area contributed by atoms with Crippen LogP contribution in [0.1, 0.15) is 16.9 Å². The van der Waals surface area contributed by atoms with Crippen molar-refractivity contribution in [1.82, 2.24) is 0 Å². The van der Waals surface area contributed by atoms with E-state index < -0.39 is 4.92 Å². The Kier molecular flexibility index (Phi) is 5.83. The molecule has 1 amide bonds. The van der Waals surface area contributed by atoms with Gasteiger partial charge in [0.25, 0.3) is 11.6 Å². The molecule has 0 N–H and O–H groups in total. The average Bonchev–Trinajstić information content (AvgIpc) is 3.28. The molecule has 6 nitrogen and oxygen atoms in total. The lowest BCUT2D eigenvalue weighted by atomic mass is 10.0. The number of halogens is 1. The summed E-state index contributed by atoms with van der Waals surface area (Å²) in [6, 6.07) is 14.1. The Morgan fingerprint density at radius 3 is 2.68 bits per heavy atom. The largest absolute Gasteiger partial charge is 0.457 e. The van der Waals surface area contributed by atoms with E-state index in [9.17, 15) is 14.9 Å². The van der Waals surface area contributed by atoms with Gasteiger partial charge in [0, 0.05) is 27.7 Å². The Bertz CT molecular complexity index is 1280. The molecule has 31 heavy (non-hydrogen) atoms. The van der Waals surface area contributed by atoms with Crippen LogP contribution in [0.4, 0.5) is 11.4 Å². The molecule has 2 heterocycles. The van der Waals surface area contributed by atoms with E-state index in [1.165, 1.54) is 22.7 Å². The zero-order chi connectivity index (χ0) is 22.3. The molecule has 4 rings (SSSR count). The maximum Gasteiger partial charge on any atom is 0.273 e. The average molecular weight is 515 g/mol. The molecule has 0 aliphatic carbocycles. The summed E-state index contributed by atoms with van der Waals surface area (Å²) >= 11 is 10.0. The molecule has 1 fully saturated rings. The summed E-state index contributed by atoms with van der Waals surface area (Å²) in [5, 5.41) is 11.3. The monoisotopic (exact) mass is 514 g/mol. The second kappa shape index (κ2) is 8.41. The number of carbonyl (C=O) groups excluding carboxylic acids is 1. The fourth-order valence-corrected chi connectivity index (χ4v) is 4.86. The van der Waals surface area contributed by atoms with Crippen LogP contribution >= 0.6 is 39.9 Å². The highest BCUT2D eigenvalue weighted by Gasteiger charge is 2.33. The molecule has 9 heteroatoms. The Balaban J connectivity index is 1.64. The van der Waals surface area contributed by atoms with E-state index in [0.717, 1.165) is 10.0 Å². The number of rotatable bonds is 4. The molecule has 0 spiro atoms. The Labute approximate surface area is 196 Å². The summed E-state index contributed by atoms with van der Waals surface area (Å²) in [4.78, 5) is 25.8. The molecule has 1 saturated heterocycles. The van der Waals surface area contributed by atoms with Crippen molar-refractivity contribution >= 4 is 67.6 Å². The minimum absolute atomic E-state index is 0.0443. The zero-order valence-corrected chi connectivity index (χ0v) is 19.6. The van der Waals surface area contributed by atoms with Gasteiger partial charge in [-0.2, -0.15) is 0 Å². The first-order valence-corrected chi connectivity index (χ1v) is 11.2. The summed E-state index contributed by atoms with van der Waals surface area (Å²) in [7, 11) is 0. The lowest BCUT2D eigenvalue weighted by molar-refractivity contribution is -0.385. The number of aryl methyl sites for hydroxylation is 1. The van der Waals surface area contributed by atoms with Crippen LogP contribution < -0.4 is 4.90 Å². The molecule has 1 aromatic heterocycles. The predicted octanol–water partition coefficient (Wildman–Crippen LogP) is 6.64. The van der Waals surface area contributed by atoms with Crippen LogP contribution in [0.3, 0.4) is 0 Å². The van der Waals surface area contributed by atoms with Gasteiger partial charge in [-0.15, -0.1) is 0 Å². The van der Waals surface area contributed by atoms with Gasteiger partial charge in [0.15, 0.2) is 4.32 Å². The van der Waals surface area contributed by atoms with Crippen LogP contribution in [-0.2, 0) is 4.79 Å². The molecule has 0 radical (unpaired) electrons. The first-order chi connectivity index (χ1) is 14.7. The van der Waals surface area contributed by atoms with E-state index in [4.69, 9.17) is 16.6 Å². The Hall–Kier alpha value is -2.75. The lowest BCUT2D eigenvalue weighted by Crippen LogP contribution is -2.27. The van der Waals surface area contributed by atoms with Gasteiger partial charge in [0.05, 0.1) is 15.5 Å². The van der Waals surface area contributed by atoms with Gasteiger partial charge >= 0.3 is 0 Å². The smallest absolute Gasteiger partial charge is 0.273 e. The van der Waals surface area contributed by atoms with E-state index in [1.54, 1.807) is 25.1 Å². The van der Waals surface area contributed by atoms with Gasteiger partial charge in [-0.3, -0.25) is 19.8 Å². The van der Waals surface area contributed by atoms with E-state index in [2.05, 4.69) is 15.9 Å². The van der Waals surface area contributed by atoms with Crippen molar-refractivity contribution in [2.24, 2.45) is 0 Å². The van der Waals surface area contributed by atoms with Gasteiger partial charge in [-0.05, 0) is 55.8 Å². The molecule has 0 saturated carbocycles. The van der Waals surface area contributed by atoms with Crippen LogP contribution in [0.25, 0.3) is 17.4 Å². The quantitative estimate of drug-likeness (QED) is 0.168. The summed E-state index contributed by atoms with van der Waals surface area (Å²) in [6.07, 6.45) is 1.64. The highest BCUT2D eigenvalue weighted by molar-refractivity contribution is 9.10. The lowest BCUT2D eigenvalue weighted by Gasteiger charge is -2.14. The maximum atomic E-state index is 12.9. The van der Waals surface area contributed by atoms with E-state index in [1.807, 2.05) is 37.3 Å². The number of benzene rings is 2. The van der Waals surface area contributed by atoms with Crippen molar-refractivity contribution in [3.05, 3.63) is 84.9 Å². The molecule has 0 unspecified atom stereocenters. The normalized spacial score (nSPS) is 15.2. The minimum Gasteiger partial charge on any atom is -0.457 e. The molecular formula is C22H15BrN2O4S2. The number of furan rings is 1. The van der Waals surface area contributed by atoms with Crippen LogP contribution in [0, 0.1) is 24.0 Å². The number of anilines is 1. The zero-order valence-electron chi connectivity index (χ0n) is 16.4. The number of nitrogens with zero attached hydrogens (tertiary/aromatic N) is 2. The molecule has 0 bridgehead atoms. The number of amides is 1. The highest BCUT2D eigenvalue weighted by Crippen LogP contribution is 2.37. The fourth-order valence-electron chi connectivity index (χ4n) is 3.19.